The first-order valence-corrected chi connectivity index (χ1v) is 11.4. The summed E-state index contributed by atoms with van der Waals surface area (Å²) in [5.74, 6) is -3.38. The Morgan fingerprint density at radius 1 is 1.03 bits per heavy atom. The fourth-order valence-corrected chi connectivity index (χ4v) is 3.81. The van der Waals surface area contributed by atoms with E-state index in [1.54, 1.807) is 47.1 Å². The Labute approximate surface area is 214 Å². The number of rotatable bonds is 5. The van der Waals surface area contributed by atoms with Gasteiger partial charge in [-0.2, -0.15) is 18.3 Å². The van der Waals surface area contributed by atoms with Crippen LogP contribution in [0.25, 0.3) is 28.2 Å². The van der Waals surface area contributed by atoms with Crippen molar-refractivity contribution >= 4 is 34.9 Å². The minimum absolute atomic E-state index is 0.0303. The zero-order chi connectivity index (χ0) is 27.0. The standard InChI is InChI=1S/C25H21ClF3N5O3/c1-24(2,3)21(37-23(36)25(27,28)29)22(35)32-17-13-15(9-11-30-17)20-19(14-6-4-7-16(26)12-14)33-18-8-5-10-31-34(18)20/h4-13,21H,1-3H3,(H,30,32,35). The summed E-state index contributed by atoms with van der Waals surface area (Å²) >= 11 is 6.19. The lowest BCUT2D eigenvalue weighted by Crippen LogP contribution is -2.44. The van der Waals surface area contributed by atoms with Gasteiger partial charge in [0.2, 0.25) is 0 Å². The number of hydrogen-bond donors (Lipinski definition) is 1. The van der Waals surface area contributed by atoms with E-state index in [1.165, 1.54) is 33.0 Å². The molecular formula is C25H21ClF3N5O3. The van der Waals surface area contributed by atoms with Crippen molar-refractivity contribution in [2.24, 2.45) is 5.41 Å². The smallest absolute Gasteiger partial charge is 0.445 e. The number of pyridine rings is 1. The third kappa shape index (κ3) is 5.72. The third-order valence-electron chi connectivity index (χ3n) is 5.26. The molecular weight excluding hydrogens is 511 g/mol. The van der Waals surface area contributed by atoms with Gasteiger partial charge in [0.25, 0.3) is 5.91 Å². The van der Waals surface area contributed by atoms with Gasteiger partial charge >= 0.3 is 12.1 Å². The normalized spacial score (nSPS) is 12.8. The van der Waals surface area contributed by atoms with Gasteiger partial charge in [-0.15, -0.1) is 0 Å². The second-order valence-corrected chi connectivity index (χ2v) is 9.62. The zero-order valence-electron chi connectivity index (χ0n) is 19.9. The molecule has 0 bridgehead atoms. The Hall–Kier alpha value is -3.99. The topological polar surface area (TPSA) is 98.5 Å². The van der Waals surface area contributed by atoms with E-state index in [0.717, 1.165) is 5.56 Å². The SMILES string of the molecule is CC(C)(C)C(OC(=O)C(F)(F)F)C(=O)Nc1cc(-c2c(-c3cccc(Cl)c3)nc3cccnn23)ccn1. The number of hydrogen-bond acceptors (Lipinski definition) is 6. The van der Waals surface area contributed by atoms with Crippen LogP contribution in [-0.2, 0) is 14.3 Å². The Morgan fingerprint density at radius 3 is 2.46 bits per heavy atom. The minimum Gasteiger partial charge on any atom is -0.445 e. The molecule has 0 saturated heterocycles. The monoisotopic (exact) mass is 531 g/mol. The Bertz CT molecular complexity index is 1480. The highest BCUT2D eigenvalue weighted by molar-refractivity contribution is 6.30. The number of esters is 1. The summed E-state index contributed by atoms with van der Waals surface area (Å²) in [4.78, 5) is 33.1. The number of imidazole rings is 1. The molecule has 0 aliphatic rings. The number of benzene rings is 1. The van der Waals surface area contributed by atoms with Crippen LogP contribution in [-0.4, -0.2) is 43.7 Å². The number of nitrogens with zero attached hydrogens (tertiary/aromatic N) is 4. The highest BCUT2D eigenvalue weighted by atomic mass is 35.5. The van der Waals surface area contributed by atoms with E-state index in [1.807, 2.05) is 6.07 Å². The van der Waals surface area contributed by atoms with E-state index < -0.39 is 29.6 Å². The second-order valence-electron chi connectivity index (χ2n) is 9.18. The molecule has 0 aliphatic heterocycles. The zero-order valence-corrected chi connectivity index (χ0v) is 20.6. The van der Waals surface area contributed by atoms with Gasteiger partial charge in [-0.1, -0.05) is 44.5 Å². The van der Waals surface area contributed by atoms with Crippen molar-refractivity contribution in [3.05, 3.63) is 65.9 Å². The van der Waals surface area contributed by atoms with E-state index >= 15 is 0 Å². The van der Waals surface area contributed by atoms with Crippen LogP contribution in [0.3, 0.4) is 0 Å². The molecule has 8 nitrogen and oxygen atoms in total. The molecule has 4 rings (SSSR count). The molecule has 1 atom stereocenters. The van der Waals surface area contributed by atoms with Crippen LogP contribution in [0.4, 0.5) is 19.0 Å². The third-order valence-corrected chi connectivity index (χ3v) is 5.49. The number of carbonyl (C=O) groups excluding carboxylic acids is 2. The van der Waals surface area contributed by atoms with Gasteiger partial charge in [-0.25, -0.2) is 19.3 Å². The summed E-state index contributed by atoms with van der Waals surface area (Å²) in [5.41, 5.74) is 1.85. The van der Waals surface area contributed by atoms with Crippen LogP contribution in [0.1, 0.15) is 20.8 Å². The van der Waals surface area contributed by atoms with E-state index in [-0.39, 0.29) is 5.82 Å². The Balaban J connectivity index is 1.72. The maximum Gasteiger partial charge on any atom is 0.490 e. The largest absolute Gasteiger partial charge is 0.490 e. The Kier molecular flexibility index (Phi) is 6.92. The molecule has 12 heteroatoms. The first-order chi connectivity index (χ1) is 17.3. The molecule has 3 aromatic heterocycles. The predicted octanol–water partition coefficient (Wildman–Crippen LogP) is 5.57. The van der Waals surface area contributed by atoms with Crippen LogP contribution >= 0.6 is 11.6 Å². The summed E-state index contributed by atoms with van der Waals surface area (Å²) in [5, 5.41) is 7.35. The Morgan fingerprint density at radius 2 is 1.78 bits per heavy atom. The summed E-state index contributed by atoms with van der Waals surface area (Å²) in [7, 11) is 0. The molecule has 1 unspecified atom stereocenters. The number of anilines is 1. The van der Waals surface area contributed by atoms with Crippen molar-refractivity contribution < 1.29 is 27.5 Å². The average Bonchev–Trinajstić information content (AvgIpc) is 3.21. The molecule has 0 spiro atoms. The quantitative estimate of drug-likeness (QED) is 0.338. The number of ether oxygens (including phenoxy) is 1. The van der Waals surface area contributed by atoms with Gasteiger partial charge in [0.1, 0.15) is 11.5 Å². The number of carbonyl (C=O) groups is 2. The molecule has 1 amide bonds. The number of halogens is 4. The molecule has 1 N–H and O–H groups in total. The first kappa shape index (κ1) is 26.1. The van der Waals surface area contributed by atoms with Crippen LogP contribution < -0.4 is 5.32 Å². The van der Waals surface area contributed by atoms with E-state index in [4.69, 9.17) is 11.6 Å². The highest BCUT2D eigenvalue weighted by Gasteiger charge is 2.46. The maximum atomic E-state index is 12.9. The van der Waals surface area contributed by atoms with Gasteiger partial charge < -0.3 is 10.1 Å². The van der Waals surface area contributed by atoms with Gasteiger partial charge in [0.15, 0.2) is 11.8 Å². The fourth-order valence-electron chi connectivity index (χ4n) is 3.62. The van der Waals surface area contributed by atoms with Crippen LogP contribution in [0.5, 0.6) is 0 Å². The number of alkyl halides is 3. The van der Waals surface area contributed by atoms with E-state index in [2.05, 4.69) is 25.1 Å². The first-order valence-electron chi connectivity index (χ1n) is 11.0. The summed E-state index contributed by atoms with van der Waals surface area (Å²) in [6.45, 7) is 4.43. The van der Waals surface area contributed by atoms with E-state index in [0.29, 0.717) is 27.6 Å². The van der Waals surface area contributed by atoms with Gasteiger partial charge in [-0.3, -0.25) is 4.79 Å². The maximum absolute atomic E-state index is 12.9. The van der Waals surface area contributed by atoms with Crippen LogP contribution in [0.2, 0.25) is 5.02 Å². The van der Waals surface area contributed by atoms with Crippen molar-refractivity contribution in [3.8, 4) is 22.5 Å². The van der Waals surface area contributed by atoms with Crippen molar-refractivity contribution in [1.82, 2.24) is 19.6 Å². The van der Waals surface area contributed by atoms with Crippen molar-refractivity contribution in [2.45, 2.75) is 33.1 Å². The summed E-state index contributed by atoms with van der Waals surface area (Å²) < 4.78 is 44.5. The predicted molar refractivity (Wildman–Crippen MR) is 131 cm³/mol. The number of fused-ring (bicyclic) bond motifs is 1. The molecule has 3 heterocycles. The van der Waals surface area contributed by atoms with Crippen molar-refractivity contribution in [3.63, 3.8) is 0 Å². The molecule has 0 aliphatic carbocycles. The highest BCUT2D eigenvalue weighted by Crippen LogP contribution is 2.34. The molecule has 4 aromatic rings. The number of aromatic nitrogens is 4. The minimum atomic E-state index is -5.24. The lowest BCUT2D eigenvalue weighted by Gasteiger charge is -2.29. The van der Waals surface area contributed by atoms with Gasteiger partial charge in [0.05, 0.1) is 5.69 Å². The lowest BCUT2D eigenvalue weighted by molar-refractivity contribution is -0.209. The second kappa shape index (κ2) is 9.81. The van der Waals surface area contributed by atoms with Crippen molar-refractivity contribution in [1.29, 1.82) is 0 Å². The fraction of sp³-hybridized carbons (Fsp3) is 0.240. The van der Waals surface area contributed by atoms with Crippen LogP contribution in [0.15, 0.2) is 60.9 Å². The summed E-state index contributed by atoms with van der Waals surface area (Å²) in [6, 6.07) is 13.8. The molecule has 0 radical (unpaired) electrons. The van der Waals surface area contributed by atoms with Gasteiger partial charge in [-0.05, 0) is 36.4 Å². The molecule has 0 saturated carbocycles. The average molecular weight is 532 g/mol. The summed E-state index contributed by atoms with van der Waals surface area (Å²) in [6.07, 6.45) is -3.96. The molecule has 192 valence electrons. The van der Waals surface area contributed by atoms with Crippen LogP contribution in [0, 0.1) is 5.41 Å². The molecule has 0 fully saturated rings. The van der Waals surface area contributed by atoms with Gasteiger partial charge in [0, 0.05) is 34.0 Å². The molecule has 1 aromatic carbocycles. The van der Waals surface area contributed by atoms with E-state index in [9.17, 15) is 22.8 Å². The molecule has 37 heavy (non-hydrogen) atoms. The van der Waals surface area contributed by atoms with Crippen molar-refractivity contribution in [2.75, 3.05) is 5.32 Å². The number of nitrogens with one attached hydrogen (secondary N) is 1. The lowest BCUT2D eigenvalue weighted by atomic mass is 9.88. The number of amides is 1.